The van der Waals surface area contributed by atoms with Gasteiger partial charge in [-0.1, -0.05) is 46.3 Å². The molecule has 4 aromatic carbocycles. The third-order valence-electron chi connectivity index (χ3n) is 5.86. The first kappa shape index (κ1) is 31.5. The van der Waals surface area contributed by atoms with E-state index in [0.29, 0.717) is 21.7 Å². The molecule has 0 aliphatic heterocycles. The molecule has 43 heavy (non-hydrogen) atoms. The molecule has 0 heterocycles. The standard InChI is InChI=1S/C31H22BrF4N3O3S/c1-17(29(40)39-28-26(35)23(33)16-24(34)27(28)36)43-22-13-11-21(12-14-22)37-31(42)25(15-18-7-9-20(32)10-8-18)38-30(41)19-5-3-2-4-6-19/h2-17H,1H3,(H,37,42)(H,38,41)(H,39,40)/b25-15-. The van der Waals surface area contributed by atoms with Gasteiger partial charge < -0.3 is 16.0 Å². The highest BCUT2D eigenvalue weighted by Gasteiger charge is 2.23. The van der Waals surface area contributed by atoms with E-state index in [-0.39, 0.29) is 11.8 Å². The molecule has 0 aliphatic rings. The number of nitrogens with one attached hydrogen (secondary N) is 3. The highest BCUT2D eigenvalue weighted by molar-refractivity contribution is 9.10. The fourth-order valence-electron chi connectivity index (χ4n) is 3.65. The Morgan fingerprint density at radius 3 is 2.02 bits per heavy atom. The summed E-state index contributed by atoms with van der Waals surface area (Å²) in [4.78, 5) is 39.0. The topological polar surface area (TPSA) is 87.3 Å². The van der Waals surface area contributed by atoms with Crippen LogP contribution in [0.2, 0.25) is 0 Å². The molecule has 220 valence electrons. The molecular weight excluding hydrogens is 650 g/mol. The van der Waals surface area contributed by atoms with Crippen LogP contribution >= 0.6 is 27.7 Å². The number of thioether (sulfide) groups is 1. The van der Waals surface area contributed by atoms with Gasteiger partial charge in [0.15, 0.2) is 23.3 Å². The van der Waals surface area contributed by atoms with Gasteiger partial charge in [0.2, 0.25) is 5.91 Å². The third kappa shape index (κ3) is 8.33. The van der Waals surface area contributed by atoms with Crippen molar-refractivity contribution in [2.24, 2.45) is 0 Å². The molecule has 3 N–H and O–H groups in total. The lowest BCUT2D eigenvalue weighted by atomic mass is 10.1. The van der Waals surface area contributed by atoms with Gasteiger partial charge in [-0.2, -0.15) is 0 Å². The van der Waals surface area contributed by atoms with E-state index >= 15 is 0 Å². The average Bonchev–Trinajstić information content (AvgIpc) is 3.00. The monoisotopic (exact) mass is 671 g/mol. The van der Waals surface area contributed by atoms with E-state index in [1.165, 1.54) is 13.0 Å². The highest BCUT2D eigenvalue weighted by atomic mass is 79.9. The predicted molar refractivity (Wildman–Crippen MR) is 161 cm³/mol. The summed E-state index contributed by atoms with van der Waals surface area (Å²) in [7, 11) is 0. The van der Waals surface area contributed by atoms with Gasteiger partial charge in [0.05, 0.1) is 5.25 Å². The maximum atomic E-state index is 13.9. The van der Waals surface area contributed by atoms with Crippen molar-refractivity contribution in [1.82, 2.24) is 5.32 Å². The smallest absolute Gasteiger partial charge is 0.272 e. The lowest BCUT2D eigenvalue weighted by Gasteiger charge is -2.14. The maximum Gasteiger partial charge on any atom is 0.272 e. The zero-order valence-corrected chi connectivity index (χ0v) is 24.7. The van der Waals surface area contributed by atoms with Gasteiger partial charge in [-0.05, 0) is 67.1 Å². The van der Waals surface area contributed by atoms with Crippen molar-refractivity contribution in [2.75, 3.05) is 10.6 Å². The maximum absolute atomic E-state index is 13.9. The summed E-state index contributed by atoms with van der Waals surface area (Å²) in [6, 6.07) is 21.9. The molecule has 4 aromatic rings. The quantitative estimate of drug-likeness (QED) is 0.0743. The minimum atomic E-state index is -1.71. The summed E-state index contributed by atoms with van der Waals surface area (Å²) >= 11 is 4.36. The molecule has 0 aromatic heterocycles. The van der Waals surface area contributed by atoms with E-state index in [9.17, 15) is 31.9 Å². The first-order valence-electron chi connectivity index (χ1n) is 12.6. The number of anilines is 2. The van der Waals surface area contributed by atoms with E-state index in [1.54, 1.807) is 78.9 Å². The second kappa shape index (κ2) is 14.2. The van der Waals surface area contributed by atoms with Crippen molar-refractivity contribution in [3.63, 3.8) is 0 Å². The molecule has 0 radical (unpaired) electrons. The van der Waals surface area contributed by atoms with Crippen LogP contribution in [0.3, 0.4) is 0 Å². The third-order valence-corrected chi connectivity index (χ3v) is 7.50. The molecule has 0 bridgehead atoms. The number of hydrogen-bond donors (Lipinski definition) is 3. The molecule has 0 aliphatic carbocycles. The second-order valence-electron chi connectivity index (χ2n) is 9.00. The Kier molecular flexibility index (Phi) is 10.4. The number of benzene rings is 4. The van der Waals surface area contributed by atoms with Crippen LogP contribution < -0.4 is 16.0 Å². The number of carbonyl (C=O) groups excluding carboxylic acids is 3. The summed E-state index contributed by atoms with van der Waals surface area (Å²) in [5.41, 5.74) is 0.194. The van der Waals surface area contributed by atoms with E-state index in [4.69, 9.17) is 0 Å². The fourth-order valence-corrected chi connectivity index (χ4v) is 4.78. The van der Waals surface area contributed by atoms with Crippen molar-refractivity contribution >= 4 is 62.9 Å². The molecule has 1 unspecified atom stereocenters. The Bertz CT molecular complexity index is 1660. The molecule has 3 amide bonds. The van der Waals surface area contributed by atoms with Gasteiger partial charge in [0.25, 0.3) is 11.8 Å². The molecule has 0 saturated heterocycles. The number of halogens is 5. The Labute approximate surface area is 256 Å². The van der Waals surface area contributed by atoms with E-state index in [2.05, 4.69) is 26.6 Å². The van der Waals surface area contributed by atoms with Gasteiger partial charge in [-0.3, -0.25) is 14.4 Å². The largest absolute Gasteiger partial charge is 0.321 e. The molecule has 1 atom stereocenters. The van der Waals surface area contributed by atoms with Crippen molar-refractivity contribution in [1.29, 1.82) is 0 Å². The Hall–Kier alpha value is -4.42. The van der Waals surface area contributed by atoms with Crippen LogP contribution in [0, 0.1) is 23.3 Å². The summed E-state index contributed by atoms with van der Waals surface area (Å²) < 4.78 is 55.6. The SMILES string of the molecule is CC(Sc1ccc(NC(=O)/C(=C/c2ccc(Br)cc2)NC(=O)c2ccccc2)cc1)C(=O)Nc1c(F)c(F)cc(F)c1F. The first-order chi connectivity index (χ1) is 20.5. The molecule has 0 saturated carbocycles. The minimum Gasteiger partial charge on any atom is -0.321 e. The van der Waals surface area contributed by atoms with Gasteiger partial charge in [0, 0.05) is 26.7 Å². The average molecular weight is 672 g/mol. The Morgan fingerprint density at radius 2 is 1.42 bits per heavy atom. The van der Waals surface area contributed by atoms with E-state index < -0.39 is 51.9 Å². The normalized spacial score (nSPS) is 11.9. The van der Waals surface area contributed by atoms with Crippen LogP contribution in [0.25, 0.3) is 6.08 Å². The van der Waals surface area contributed by atoms with Crippen LogP contribution in [0.15, 0.2) is 100.0 Å². The summed E-state index contributed by atoms with van der Waals surface area (Å²) in [6.45, 7) is 1.44. The first-order valence-corrected chi connectivity index (χ1v) is 14.2. The Morgan fingerprint density at radius 1 is 0.814 bits per heavy atom. The zero-order chi connectivity index (χ0) is 31.1. The van der Waals surface area contributed by atoms with Gasteiger partial charge >= 0.3 is 0 Å². The molecule has 6 nitrogen and oxygen atoms in total. The molecule has 0 spiro atoms. The van der Waals surface area contributed by atoms with Gasteiger partial charge in [-0.15, -0.1) is 11.8 Å². The number of amides is 3. The summed E-state index contributed by atoms with van der Waals surface area (Å²) in [5, 5.41) is 6.34. The molecule has 0 fully saturated rings. The lowest BCUT2D eigenvalue weighted by Crippen LogP contribution is -2.30. The van der Waals surface area contributed by atoms with E-state index in [0.717, 1.165) is 16.2 Å². The number of rotatable bonds is 9. The van der Waals surface area contributed by atoms with Crippen LogP contribution in [-0.2, 0) is 9.59 Å². The minimum absolute atomic E-state index is 0.00632. The second-order valence-corrected chi connectivity index (χ2v) is 11.3. The molecule has 4 rings (SSSR count). The van der Waals surface area contributed by atoms with Gasteiger partial charge in [-0.25, -0.2) is 17.6 Å². The number of hydrogen-bond acceptors (Lipinski definition) is 4. The van der Waals surface area contributed by atoms with E-state index in [1.807, 2.05) is 5.32 Å². The van der Waals surface area contributed by atoms with Crippen LogP contribution in [0.1, 0.15) is 22.8 Å². The van der Waals surface area contributed by atoms with Crippen molar-refractivity contribution in [2.45, 2.75) is 17.1 Å². The predicted octanol–water partition coefficient (Wildman–Crippen LogP) is 7.53. The van der Waals surface area contributed by atoms with Crippen molar-refractivity contribution < 1.29 is 31.9 Å². The Balaban J connectivity index is 1.44. The van der Waals surface area contributed by atoms with Crippen LogP contribution in [0.4, 0.5) is 28.9 Å². The summed E-state index contributed by atoms with van der Waals surface area (Å²) in [5.74, 6) is -8.65. The zero-order valence-electron chi connectivity index (χ0n) is 22.3. The van der Waals surface area contributed by atoms with Gasteiger partial charge in [0.1, 0.15) is 11.4 Å². The van der Waals surface area contributed by atoms with Crippen LogP contribution in [0.5, 0.6) is 0 Å². The molecular formula is C31H22BrF4N3O3S. The summed E-state index contributed by atoms with van der Waals surface area (Å²) in [6.07, 6.45) is 1.53. The highest BCUT2D eigenvalue weighted by Crippen LogP contribution is 2.28. The van der Waals surface area contributed by atoms with Crippen molar-refractivity contribution in [3.8, 4) is 0 Å². The lowest BCUT2D eigenvalue weighted by molar-refractivity contribution is -0.115. The van der Waals surface area contributed by atoms with Crippen LogP contribution in [-0.4, -0.2) is 23.0 Å². The fraction of sp³-hybridized carbons (Fsp3) is 0.0645. The number of carbonyl (C=O) groups is 3. The van der Waals surface area contributed by atoms with Crippen molar-refractivity contribution in [3.05, 3.63) is 129 Å². The molecule has 12 heteroatoms.